The molecule has 2 N–H and O–H groups in total. The fourth-order valence-corrected chi connectivity index (χ4v) is 1.67. The molecule has 0 amide bonds. The highest BCUT2D eigenvalue weighted by atomic mass is 19.4. The molecule has 8 nitrogen and oxygen atoms in total. The van der Waals surface area contributed by atoms with E-state index in [1.54, 1.807) is 17.6 Å². The highest BCUT2D eigenvalue weighted by Crippen LogP contribution is 2.28. The molecular formula is C12H12F3N5O3. The Kier molecular flexibility index (Phi) is 4.69. The Morgan fingerprint density at radius 2 is 1.87 bits per heavy atom. The number of alkyl halides is 3. The number of nitrogens with one attached hydrogen (secondary N) is 2. The van der Waals surface area contributed by atoms with Gasteiger partial charge in [0.2, 0.25) is 5.95 Å². The van der Waals surface area contributed by atoms with Gasteiger partial charge in [-0.1, -0.05) is 0 Å². The Bertz CT molecular complexity index is 747. The van der Waals surface area contributed by atoms with Crippen molar-refractivity contribution in [3.63, 3.8) is 0 Å². The van der Waals surface area contributed by atoms with Crippen LogP contribution in [0.2, 0.25) is 0 Å². The minimum Gasteiger partial charge on any atom is -0.493 e. The van der Waals surface area contributed by atoms with Crippen LogP contribution in [0.1, 0.15) is 0 Å². The predicted molar refractivity (Wildman–Crippen MR) is 73.5 cm³/mol. The van der Waals surface area contributed by atoms with Crippen LogP contribution in [0.5, 0.6) is 11.5 Å². The summed E-state index contributed by atoms with van der Waals surface area (Å²) < 4.78 is 47.2. The van der Waals surface area contributed by atoms with E-state index >= 15 is 0 Å². The Morgan fingerprint density at radius 3 is 2.43 bits per heavy atom. The van der Waals surface area contributed by atoms with Crippen molar-refractivity contribution in [2.45, 2.75) is 6.30 Å². The second-order valence-corrected chi connectivity index (χ2v) is 4.12. The summed E-state index contributed by atoms with van der Waals surface area (Å²) in [5.41, 5.74) is 2.23. The van der Waals surface area contributed by atoms with Crippen LogP contribution < -0.4 is 26.0 Å². The standard InChI is InChI=1S/C12H12F3N5O3/c1-22-8-4-3-7(5-9(8)23-2)20-6-16-10(17-11(20)21)18-19-12(13,14)15/h3-6,19H,1-2H3,(H,17,18,21). The van der Waals surface area contributed by atoms with E-state index in [1.807, 2.05) is 0 Å². The third-order valence-electron chi connectivity index (χ3n) is 2.66. The average molecular weight is 331 g/mol. The lowest BCUT2D eigenvalue weighted by Crippen LogP contribution is -2.38. The Labute approximate surface area is 127 Å². The highest BCUT2D eigenvalue weighted by molar-refractivity contribution is 5.48. The third kappa shape index (κ3) is 4.10. The van der Waals surface area contributed by atoms with E-state index in [-0.39, 0.29) is 0 Å². The number of aromatic nitrogens is 3. The van der Waals surface area contributed by atoms with Crippen LogP contribution >= 0.6 is 0 Å². The number of halogens is 3. The molecule has 1 aromatic heterocycles. The second kappa shape index (κ2) is 6.52. The van der Waals surface area contributed by atoms with E-state index in [2.05, 4.69) is 9.97 Å². The van der Waals surface area contributed by atoms with Gasteiger partial charge in [-0.05, 0) is 12.1 Å². The molecule has 2 rings (SSSR count). The van der Waals surface area contributed by atoms with Gasteiger partial charge in [0.1, 0.15) is 6.33 Å². The van der Waals surface area contributed by atoms with E-state index in [9.17, 15) is 18.0 Å². The lowest BCUT2D eigenvalue weighted by Gasteiger charge is -2.12. The summed E-state index contributed by atoms with van der Waals surface area (Å²) in [6.45, 7) is 0. The van der Waals surface area contributed by atoms with Gasteiger partial charge in [0.15, 0.2) is 11.5 Å². The summed E-state index contributed by atoms with van der Waals surface area (Å²) in [5, 5.41) is 0. The summed E-state index contributed by atoms with van der Waals surface area (Å²) in [7, 11) is 2.89. The number of ether oxygens (including phenoxy) is 2. The zero-order valence-electron chi connectivity index (χ0n) is 12.0. The van der Waals surface area contributed by atoms with E-state index in [1.165, 1.54) is 20.3 Å². The molecule has 11 heteroatoms. The van der Waals surface area contributed by atoms with Crippen molar-refractivity contribution in [3.8, 4) is 17.2 Å². The number of anilines is 1. The topological polar surface area (TPSA) is 90.3 Å². The molecule has 2 aromatic rings. The number of hydrazine groups is 1. The van der Waals surface area contributed by atoms with Crippen LogP contribution in [0.4, 0.5) is 19.1 Å². The van der Waals surface area contributed by atoms with Crippen LogP contribution in [0.3, 0.4) is 0 Å². The van der Waals surface area contributed by atoms with Crippen LogP contribution in [-0.2, 0) is 0 Å². The molecule has 0 saturated carbocycles. The minimum absolute atomic E-state index is 0.364. The molecular weight excluding hydrogens is 319 g/mol. The van der Waals surface area contributed by atoms with Crippen molar-refractivity contribution in [2.75, 3.05) is 19.6 Å². The first-order chi connectivity index (χ1) is 10.8. The molecule has 1 aromatic carbocycles. The molecule has 0 fully saturated rings. The third-order valence-corrected chi connectivity index (χ3v) is 2.66. The second-order valence-electron chi connectivity index (χ2n) is 4.12. The summed E-state index contributed by atoms with van der Waals surface area (Å²) in [6.07, 6.45) is -3.64. The number of benzene rings is 1. The molecule has 0 radical (unpaired) electrons. The Balaban J connectivity index is 2.29. The minimum atomic E-state index is -4.68. The van der Waals surface area contributed by atoms with E-state index in [0.717, 1.165) is 16.3 Å². The van der Waals surface area contributed by atoms with Crippen molar-refractivity contribution >= 4 is 5.95 Å². The maximum atomic E-state index is 12.0. The van der Waals surface area contributed by atoms with Crippen LogP contribution in [0.25, 0.3) is 5.69 Å². The molecule has 0 aliphatic rings. The Hall–Kier alpha value is -2.82. The lowest BCUT2D eigenvalue weighted by atomic mass is 10.2. The lowest BCUT2D eigenvalue weighted by molar-refractivity contribution is -0.151. The fourth-order valence-electron chi connectivity index (χ4n) is 1.67. The van der Waals surface area contributed by atoms with Crippen LogP contribution in [0, 0.1) is 0 Å². The van der Waals surface area contributed by atoms with Crippen molar-refractivity contribution in [2.24, 2.45) is 0 Å². The monoisotopic (exact) mass is 331 g/mol. The summed E-state index contributed by atoms with van der Waals surface area (Å²) in [4.78, 5) is 18.9. The first-order valence-corrected chi connectivity index (χ1v) is 6.12. The van der Waals surface area contributed by atoms with E-state index < -0.39 is 17.9 Å². The largest absolute Gasteiger partial charge is 0.493 e. The van der Waals surface area contributed by atoms with Crippen molar-refractivity contribution in [1.29, 1.82) is 0 Å². The first kappa shape index (κ1) is 16.5. The van der Waals surface area contributed by atoms with Gasteiger partial charge in [0.25, 0.3) is 0 Å². The SMILES string of the molecule is COc1ccc(-n2cnc(NNC(F)(F)F)nc2=O)cc1OC. The van der Waals surface area contributed by atoms with Gasteiger partial charge in [0.05, 0.1) is 19.9 Å². The summed E-state index contributed by atoms with van der Waals surface area (Å²) >= 11 is 0. The van der Waals surface area contributed by atoms with E-state index in [4.69, 9.17) is 9.47 Å². The van der Waals surface area contributed by atoms with Gasteiger partial charge in [-0.25, -0.2) is 9.78 Å². The number of rotatable bonds is 5. The van der Waals surface area contributed by atoms with Crippen molar-refractivity contribution in [3.05, 3.63) is 35.0 Å². The molecule has 0 bridgehead atoms. The molecule has 124 valence electrons. The van der Waals surface area contributed by atoms with Gasteiger partial charge in [-0.15, -0.1) is 5.43 Å². The van der Waals surface area contributed by atoms with Crippen molar-refractivity contribution < 1.29 is 22.6 Å². The van der Waals surface area contributed by atoms with Crippen LogP contribution in [0.15, 0.2) is 29.3 Å². The number of nitrogens with zero attached hydrogens (tertiary/aromatic N) is 3. The highest BCUT2D eigenvalue weighted by Gasteiger charge is 2.27. The van der Waals surface area contributed by atoms with E-state index in [0.29, 0.717) is 17.2 Å². The number of hydrogen-bond donors (Lipinski definition) is 2. The maximum absolute atomic E-state index is 12.0. The zero-order valence-corrected chi connectivity index (χ0v) is 12.0. The first-order valence-electron chi connectivity index (χ1n) is 6.12. The molecule has 1 heterocycles. The maximum Gasteiger partial charge on any atom is 0.474 e. The predicted octanol–water partition coefficient (Wildman–Crippen LogP) is 1.08. The molecule has 0 unspecified atom stereocenters. The molecule has 0 aliphatic carbocycles. The quantitative estimate of drug-likeness (QED) is 0.626. The summed E-state index contributed by atoms with van der Waals surface area (Å²) in [6, 6.07) is 4.62. The van der Waals surface area contributed by atoms with Crippen molar-refractivity contribution in [1.82, 2.24) is 20.0 Å². The molecule has 0 saturated heterocycles. The molecule has 0 spiro atoms. The zero-order chi connectivity index (χ0) is 17.0. The van der Waals surface area contributed by atoms with Gasteiger partial charge in [-0.2, -0.15) is 18.2 Å². The average Bonchev–Trinajstić information content (AvgIpc) is 2.51. The van der Waals surface area contributed by atoms with Gasteiger partial charge < -0.3 is 9.47 Å². The smallest absolute Gasteiger partial charge is 0.474 e. The van der Waals surface area contributed by atoms with Gasteiger partial charge in [-0.3, -0.25) is 9.99 Å². The number of methoxy groups -OCH3 is 2. The molecule has 0 aliphatic heterocycles. The van der Waals surface area contributed by atoms with Crippen LogP contribution in [-0.4, -0.2) is 35.1 Å². The molecule has 0 atom stereocenters. The van der Waals surface area contributed by atoms with Gasteiger partial charge >= 0.3 is 12.0 Å². The van der Waals surface area contributed by atoms with Gasteiger partial charge in [0, 0.05) is 6.07 Å². The molecule has 23 heavy (non-hydrogen) atoms. The summed E-state index contributed by atoms with van der Waals surface area (Å²) in [5.74, 6) is 0.319. The number of hydrogen-bond acceptors (Lipinski definition) is 7. The normalized spacial score (nSPS) is 11.2. The Morgan fingerprint density at radius 1 is 1.17 bits per heavy atom. The fraction of sp³-hybridized carbons (Fsp3) is 0.250.